The van der Waals surface area contributed by atoms with Crippen LogP contribution in [0.3, 0.4) is 0 Å². The molecule has 150 valence electrons. The first-order chi connectivity index (χ1) is 12.6. The fraction of sp³-hybridized carbons (Fsp3) is 0.550. The average Bonchev–Trinajstić information content (AvgIpc) is 2.56. The molecular formula is C20H30N2O5. The van der Waals surface area contributed by atoms with Gasteiger partial charge in [-0.15, -0.1) is 0 Å². The molecule has 0 bridgehead atoms. The van der Waals surface area contributed by atoms with Crippen LogP contribution in [0.25, 0.3) is 0 Å². The van der Waals surface area contributed by atoms with Crippen LogP contribution in [0.2, 0.25) is 0 Å². The molecule has 1 rings (SSSR count). The molecule has 0 radical (unpaired) electrons. The van der Waals surface area contributed by atoms with E-state index in [-0.39, 0.29) is 31.4 Å². The first kappa shape index (κ1) is 22.5. The minimum atomic E-state index is -0.747. The highest BCUT2D eigenvalue weighted by Crippen LogP contribution is 2.08. The first-order valence-corrected chi connectivity index (χ1v) is 9.05. The van der Waals surface area contributed by atoms with E-state index >= 15 is 0 Å². The molecule has 2 amide bonds. The smallest absolute Gasteiger partial charge is 0.407 e. The summed E-state index contributed by atoms with van der Waals surface area (Å²) in [5.74, 6) is -0.959. The van der Waals surface area contributed by atoms with Crippen molar-refractivity contribution < 1.29 is 23.9 Å². The quantitative estimate of drug-likeness (QED) is 0.679. The topological polar surface area (TPSA) is 93.7 Å². The zero-order valence-corrected chi connectivity index (χ0v) is 16.7. The zero-order valence-electron chi connectivity index (χ0n) is 16.7. The number of rotatable bonds is 8. The number of ether oxygens (including phenoxy) is 2. The second-order valence-electron chi connectivity index (χ2n) is 7.56. The Bertz CT molecular complexity index is 623. The van der Waals surface area contributed by atoms with Crippen molar-refractivity contribution in [2.45, 2.75) is 59.3 Å². The summed E-state index contributed by atoms with van der Waals surface area (Å²) in [6.45, 7) is 9.19. The Morgan fingerprint density at radius 1 is 1.07 bits per heavy atom. The number of esters is 1. The van der Waals surface area contributed by atoms with E-state index < -0.39 is 23.7 Å². The lowest BCUT2D eigenvalue weighted by molar-refractivity contribution is -0.150. The molecule has 0 unspecified atom stereocenters. The van der Waals surface area contributed by atoms with Crippen LogP contribution in [0.4, 0.5) is 4.79 Å². The van der Waals surface area contributed by atoms with Crippen molar-refractivity contribution in [1.29, 1.82) is 0 Å². The average molecular weight is 378 g/mol. The van der Waals surface area contributed by atoms with E-state index in [4.69, 9.17) is 9.47 Å². The predicted octanol–water partition coefficient (Wildman–Crippen LogP) is 2.79. The van der Waals surface area contributed by atoms with Gasteiger partial charge in [0.25, 0.3) is 0 Å². The summed E-state index contributed by atoms with van der Waals surface area (Å²) in [7, 11) is 0. The zero-order chi connectivity index (χ0) is 20.4. The van der Waals surface area contributed by atoms with E-state index in [9.17, 15) is 14.4 Å². The Kier molecular flexibility index (Phi) is 8.78. The second kappa shape index (κ2) is 10.5. The van der Waals surface area contributed by atoms with Crippen molar-refractivity contribution in [1.82, 2.24) is 10.6 Å². The van der Waals surface area contributed by atoms with Crippen molar-refractivity contribution in [3.63, 3.8) is 0 Å². The number of carbonyl (C=O) groups is 3. The van der Waals surface area contributed by atoms with Gasteiger partial charge in [0.2, 0.25) is 5.91 Å². The molecule has 27 heavy (non-hydrogen) atoms. The molecule has 7 nitrogen and oxygen atoms in total. The number of hydrogen-bond donors (Lipinski definition) is 2. The van der Waals surface area contributed by atoms with Crippen molar-refractivity contribution in [2.24, 2.45) is 5.92 Å². The number of alkyl carbamates (subject to hydrolysis) is 1. The van der Waals surface area contributed by atoms with Crippen LogP contribution in [0.15, 0.2) is 30.3 Å². The van der Waals surface area contributed by atoms with Gasteiger partial charge in [-0.25, -0.2) is 9.59 Å². The molecule has 0 aliphatic rings. The molecule has 0 saturated carbocycles. The highest BCUT2D eigenvalue weighted by atomic mass is 16.6. The van der Waals surface area contributed by atoms with Gasteiger partial charge in [-0.3, -0.25) is 4.79 Å². The molecule has 1 aromatic rings. The van der Waals surface area contributed by atoms with E-state index in [1.165, 1.54) is 0 Å². The van der Waals surface area contributed by atoms with Crippen LogP contribution in [-0.4, -0.2) is 36.2 Å². The fourth-order valence-corrected chi connectivity index (χ4v) is 2.15. The number of nitrogens with one attached hydrogen (secondary N) is 2. The van der Waals surface area contributed by atoms with Gasteiger partial charge in [-0.05, 0) is 32.3 Å². The summed E-state index contributed by atoms with van der Waals surface area (Å²) in [5, 5.41) is 5.18. The maximum Gasteiger partial charge on any atom is 0.407 e. The monoisotopic (exact) mass is 378 g/mol. The lowest BCUT2D eigenvalue weighted by Crippen LogP contribution is -2.46. The van der Waals surface area contributed by atoms with Crippen LogP contribution in [-0.2, 0) is 25.7 Å². The van der Waals surface area contributed by atoms with Crippen LogP contribution < -0.4 is 10.6 Å². The Morgan fingerprint density at radius 2 is 1.70 bits per heavy atom. The summed E-state index contributed by atoms with van der Waals surface area (Å²) >= 11 is 0. The molecule has 7 heteroatoms. The summed E-state index contributed by atoms with van der Waals surface area (Å²) in [5.41, 5.74) is 0.277. The Morgan fingerprint density at radius 3 is 2.26 bits per heavy atom. The van der Waals surface area contributed by atoms with E-state index in [1.54, 1.807) is 20.8 Å². The van der Waals surface area contributed by atoms with Gasteiger partial charge in [0.05, 0.1) is 0 Å². The van der Waals surface area contributed by atoms with Gasteiger partial charge in [0.15, 0.2) is 0 Å². The summed E-state index contributed by atoms with van der Waals surface area (Å²) in [6.07, 6.45) is -0.549. The SMILES string of the molecule is CC(C)[C@H](NC(=O)CCNC(=O)OC(C)(C)C)C(=O)OCc1ccccc1. The largest absolute Gasteiger partial charge is 0.459 e. The molecule has 0 saturated heterocycles. The summed E-state index contributed by atoms with van der Waals surface area (Å²) in [6, 6.07) is 8.58. The Balaban J connectivity index is 2.43. The normalized spacial score (nSPS) is 12.2. The number of carbonyl (C=O) groups excluding carboxylic acids is 3. The van der Waals surface area contributed by atoms with Crippen LogP contribution in [0, 0.1) is 5.92 Å². The maximum atomic E-state index is 12.3. The summed E-state index contributed by atoms with van der Waals surface area (Å²) in [4.78, 5) is 36.0. The van der Waals surface area contributed by atoms with Crippen molar-refractivity contribution >= 4 is 18.0 Å². The third-order valence-corrected chi connectivity index (χ3v) is 3.48. The van der Waals surface area contributed by atoms with Crippen molar-refractivity contribution in [3.8, 4) is 0 Å². The molecule has 2 N–H and O–H groups in total. The third-order valence-electron chi connectivity index (χ3n) is 3.48. The van der Waals surface area contributed by atoms with Crippen LogP contribution >= 0.6 is 0 Å². The lowest BCUT2D eigenvalue weighted by atomic mass is 10.0. The number of hydrogen-bond acceptors (Lipinski definition) is 5. The van der Waals surface area contributed by atoms with Gasteiger partial charge in [-0.2, -0.15) is 0 Å². The minimum Gasteiger partial charge on any atom is -0.459 e. The standard InChI is InChI=1S/C20H30N2O5/c1-14(2)17(18(24)26-13-15-9-7-6-8-10-15)22-16(23)11-12-21-19(25)27-20(3,4)5/h6-10,14,17H,11-13H2,1-5H3,(H,21,25)(H,22,23)/t17-/m0/s1. The molecule has 0 aromatic heterocycles. The Labute approximate surface area is 160 Å². The maximum absolute atomic E-state index is 12.3. The highest BCUT2D eigenvalue weighted by molar-refractivity contribution is 5.85. The van der Waals surface area contributed by atoms with Gasteiger partial charge < -0.3 is 20.1 Å². The minimum absolute atomic E-state index is 0.0361. The molecule has 0 heterocycles. The molecule has 0 fully saturated rings. The molecule has 0 spiro atoms. The van der Waals surface area contributed by atoms with Crippen molar-refractivity contribution in [2.75, 3.05) is 6.54 Å². The second-order valence-corrected chi connectivity index (χ2v) is 7.56. The highest BCUT2D eigenvalue weighted by Gasteiger charge is 2.25. The van der Waals surface area contributed by atoms with Gasteiger partial charge in [0, 0.05) is 13.0 Å². The lowest BCUT2D eigenvalue weighted by Gasteiger charge is -2.21. The van der Waals surface area contributed by atoms with Crippen molar-refractivity contribution in [3.05, 3.63) is 35.9 Å². The van der Waals surface area contributed by atoms with Crippen LogP contribution in [0.1, 0.15) is 46.6 Å². The van der Waals surface area contributed by atoms with Gasteiger partial charge >= 0.3 is 12.1 Å². The van der Waals surface area contributed by atoms with E-state index in [0.717, 1.165) is 5.56 Å². The molecule has 0 aliphatic carbocycles. The number of amides is 2. The van der Waals surface area contributed by atoms with E-state index in [1.807, 2.05) is 44.2 Å². The Hall–Kier alpha value is -2.57. The number of benzene rings is 1. The predicted molar refractivity (Wildman–Crippen MR) is 102 cm³/mol. The van der Waals surface area contributed by atoms with E-state index in [0.29, 0.717) is 0 Å². The molecule has 1 aromatic carbocycles. The molecule has 0 aliphatic heterocycles. The third kappa shape index (κ3) is 9.63. The fourth-order valence-electron chi connectivity index (χ4n) is 2.15. The summed E-state index contributed by atoms with van der Waals surface area (Å²) < 4.78 is 10.4. The molecule has 1 atom stereocenters. The van der Waals surface area contributed by atoms with Gasteiger partial charge in [-0.1, -0.05) is 44.2 Å². The first-order valence-electron chi connectivity index (χ1n) is 9.05. The van der Waals surface area contributed by atoms with Crippen LogP contribution in [0.5, 0.6) is 0 Å². The molecular weight excluding hydrogens is 348 g/mol. The van der Waals surface area contributed by atoms with E-state index in [2.05, 4.69) is 10.6 Å². The van der Waals surface area contributed by atoms with Gasteiger partial charge in [0.1, 0.15) is 18.2 Å².